The molecule has 4 nitrogen and oxygen atoms in total. The Labute approximate surface area is 160 Å². The van der Waals surface area contributed by atoms with Crippen molar-refractivity contribution in [3.63, 3.8) is 0 Å². The Bertz CT molecular complexity index is 345. The van der Waals surface area contributed by atoms with Crippen LogP contribution in [0.4, 0.5) is 0 Å². The summed E-state index contributed by atoms with van der Waals surface area (Å²) in [7, 11) is 0. The Morgan fingerprint density at radius 2 is 2.13 bits per heavy atom. The zero-order valence-corrected chi connectivity index (χ0v) is 17.5. The molecule has 0 saturated heterocycles. The van der Waals surface area contributed by atoms with Gasteiger partial charge in [0.1, 0.15) is 0 Å². The van der Waals surface area contributed by atoms with Gasteiger partial charge in [-0.1, -0.05) is 44.8 Å². The molecule has 0 saturated carbocycles. The minimum absolute atomic E-state index is 0. The zero-order valence-electron chi connectivity index (χ0n) is 15.2. The van der Waals surface area contributed by atoms with Gasteiger partial charge in [0.2, 0.25) is 0 Å². The minimum Gasteiger partial charge on any atom is -0.377 e. The molecule has 0 spiro atoms. The van der Waals surface area contributed by atoms with E-state index >= 15 is 0 Å². The molecule has 1 rings (SSSR count). The van der Waals surface area contributed by atoms with Crippen molar-refractivity contribution in [1.82, 2.24) is 10.6 Å². The summed E-state index contributed by atoms with van der Waals surface area (Å²) in [4.78, 5) is 4.77. The number of hydrogen-bond acceptors (Lipinski definition) is 2. The fraction of sp³-hybridized carbons (Fsp3) is 0.833. The van der Waals surface area contributed by atoms with E-state index in [-0.39, 0.29) is 24.0 Å². The summed E-state index contributed by atoms with van der Waals surface area (Å²) in [6.07, 6.45) is 9.47. The van der Waals surface area contributed by atoms with E-state index in [9.17, 15) is 0 Å². The first-order chi connectivity index (χ1) is 10.8. The van der Waals surface area contributed by atoms with Crippen LogP contribution in [0, 0.1) is 5.92 Å². The average molecular weight is 437 g/mol. The monoisotopic (exact) mass is 437 g/mol. The molecule has 0 aromatic rings. The fourth-order valence-electron chi connectivity index (χ4n) is 2.61. The summed E-state index contributed by atoms with van der Waals surface area (Å²) in [5.41, 5.74) is 1.50. The fourth-order valence-corrected chi connectivity index (χ4v) is 2.61. The van der Waals surface area contributed by atoms with Crippen LogP contribution in [-0.4, -0.2) is 38.8 Å². The predicted octanol–water partition coefficient (Wildman–Crippen LogP) is 4.11. The van der Waals surface area contributed by atoms with Crippen molar-refractivity contribution < 1.29 is 4.74 Å². The van der Waals surface area contributed by atoms with Crippen molar-refractivity contribution in [1.29, 1.82) is 0 Å². The van der Waals surface area contributed by atoms with Gasteiger partial charge in [0.15, 0.2) is 5.96 Å². The van der Waals surface area contributed by atoms with Crippen molar-refractivity contribution in [2.45, 2.75) is 59.3 Å². The third-order valence-electron chi connectivity index (χ3n) is 4.19. The maximum atomic E-state index is 5.34. The minimum atomic E-state index is 0. The first-order valence-electron chi connectivity index (χ1n) is 9.07. The highest BCUT2D eigenvalue weighted by atomic mass is 127. The average Bonchev–Trinajstić information content (AvgIpc) is 2.56. The van der Waals surface area contributed by atoms with Crippen LogP contribution in [0.25, 0.3) is 0 Å². The predicted molar refractivity (Wildman–Crippen MR) is 111 cm³/mol. The van der Waals surface area contributed by atoms with Crippen LogP contribution in [0.3, 0.4) is 0 Å². The molecule has 1 heterocycles. The highest BCUT2D eigenvalue weighted by Gasteiger charge is 2.07. The van der Waals surface area contributed by atoms with Crippen LogP contribution in [-0.2, 0) is 4.74 Å². The van der Waals surface area contributed by atoms with Gasteiger partial charge < -0.3 is 15.4 Å². The molecule has 1 aliphatic heterocycles. The Morgan fingerprint density at radius 1 is 1.30 bits per heavy atom. The molecule has 0 radical (unpaired) electrons. The molecule has 5 heteroatoms. The van der Waals surface area contributed by atoms with Crippen LogP contribution in [0.2, 0.25) is 0 Å². The molecule has 0 aromatic heterocycles. The van der Waals surface area contributed by atoms with E-state index in [1.165, 1.54) is 31.3 Å². The second kappa shape index (κ2) is 15.2. The van der Waals surface area contributed by atoms with Gasteiger partial charge in [0, 0.05) is 19.6 Å². The molecule has 136 valence electrons. The SMILES string of the molecule is CCCCC(CC)CN=C(NCC)NCCC1=CCOCC1.I. The number of halogens is 1. The van der Waals surface area contributed by atoms with E-state index in [1.807, 2.05) is 0 Å². The van der Waals surface area contributed by atoms with E-state index in [0.29, 0.717) is 5.92 Å². The molecule has 23 heavy (non-hydrogen) atoms. The maximum Gasteiger partial charge on any atom is 0.191 e. The van der Waals surface area contributed by atoms with Crippen LogP contribution in [0.15, 0.2) is 16.6 Å². The molecular weight excluding hydrogens is 401 g/mol. The number of hydrogen-bond donors (Lipinski definition) is 2. The van der Waals surface area contributed by atoms with E-state index < -0.39 is 0 Å². The highest BCUT2D eigenvalue weighted by Crippen LogP contribution is 2.13. The summed E-state index contributed by atoms with van der Waals surface area (Å²) < 4.78 is 5.34. The van der Waals surface area contributed by atoms with Crippen molar-refractivity contribution in [3.05, 3.63) is 11.6 Å². The van der Waals surface area contributed by atoms with Crippen molar-refractivity contribution >= 4 is 29.9 Å². The van der Waals surface area contributed by atoms with Crippen molar-refractivity contribution in [3.8, 4) is 0 Å². The standard InChI is InChI=1S/C18H35N3O.HI/c1-4-7-8-16(5-2)15-21-18(19-6-3)20-12-9-17-10-13-22-14-11-17;/h10,16H,4-9,11-15H2,1-3H3,(H2,19,20,21);1H. The van der Waals surface area contributed by atoms with Crippen LogP contribution in [0.1, 0.15) is 59.3 Å². The normalized spacial score (nSPS) is 16.3. The van der Waals surface area contributed by atoms with Gasteiger partial charge >= 0.3 is 0 Å². The lowest BCUT2D eigenvalue weighted by atomic mass is 10.00. The van der Waals surface area contributed by atoms with E-state index in [4.69, 9.17) is 9.73 Å². The Morgan fingerprint density at radius 3 is 2.74 bits per heavy atom. The van der Waals surface area contributed by atoms with E-state index in [0.717, 1.165) is 51.6 Å². The molecule has 2 N–H and O–H groups in total. The number of nitrogens with one attached hydrogen (secondary N) is 2. The van der Waals surface area contributed by atoms with Crippen LogP contribution in [0.5, 0.6) is 0 Å². The number of ether oxygens (including phenoxy) is 1. The Hall–Kier alpha value is -0.300. The zero-order chi connectivity index (χ0) is 16.0. The number of aliphatic imine (C=N–C) groups is 1. The first-order valence-corrected chi connectivity index (χ1v) is 9.07. The topological polar surface area (TPSA) is 45.7 Å². The summed E-state index contributed by atoms with van der Waals surface area (Å²) in [6.45, 7) is 11.1. The van der Waals surface area contributed by atoms with Gasteiger partial charge in [-0.15, -0.1) is 24.0 Å². The highest BCUT2D eigenvalue weighted by molar-refractivity contribution is 14.0. The molecule has 0 aromatic carbocycles. The number of nitrogens with zero attached hydrogens (tertiary/aromatic N) is 1. The van der Waals surface area contributed by atoms with Gasteiger partial charge in [-0.2, -0.15) is 0 Å². The smallest absolute Gasteiger partial charge is 0.191 e. The number of unbranched alkanes of at least 4 members (excludes halogenated alkanes) is 1. The van der Waals surface area contributed by atoms with Gasteiger partial charge in [0.25, 0.3) is 0 Å². The van der Waals surface area contributed by atoms with Gasteiger partial charge in [-0.05, 0) is 32.1 Å². The van der Waals surface area contributed by atoms with Gasteiger partial charge in [-0.25, -0.2) is 0 Å². The van der Waals surface area contributed by atoms with Gasteiger partial charge in [0.05, 0.1) is 13.2 Å². The summed E-state index contributed by atoms with van der Waals surface area (Å²) in [5, 5.41) is 6.81. The van der Waals surface area contributed by atoms with Crippen molar-refractivity contribution in [2.75, 3.05) is 32.8 Å². The molecule has 1 aliphatic rings. The lowest BCUT2D eigenvalue weighted by molar-refractivity contribution is 0.153. The summed E-state index contributed by atoms with van der Waals surface area (Å²) in [5.74, 6) is 1.68. The Balaban J connectivity index is 0.00000484. The van der Waals surface area contributed by atoms with Crippen molar-refractivity contribution in [2.24, 2.45) is 10.9 Å². The largest absolute Gasteiger partial charge is 0.377 e. The number of rotatable bonds is 10. The molecule has 1 atom stereocenters. The quantitative estimate of drug-likeness (QED) is 0.234. The van der Waals surface area contributed by atoms with E-state index in [2.05, 4.69) is 37.5 Å². The number of guanidine groups is 1. The molecule has 0 amide bonds. The molecule has 1 unspecified atom stereocenters. The van der Waals surface area contributed by atoms with E-state index in [1.54, 1.807) is 0 Å². The first kappa shape index (κ1) is 22.7. The summed E-state index contributed by atoms with van der Waals surface area (Å²) in [6, 6.07) is 0. The Kier molecular flexibility index (Phi) is 15.0. The molecule has 0 fully saturated rings. The van der Waals surface area contributed by atoms with Gasteiger partial charge in [-0.3, -0.25) is 4.99 Å². The van der Waals surface area contributed by atoms with Crippen LogP contribution >= 0.6 is 24.0 Å². The molecule has 0 bridgehead atoms. The second-order valence-electron chi connectivity index (χ2n) is 6.00. The lowest BCUT2D eigenvalue weighted by Crippen LogP contribution is -2.38. The van der Waals surface area contributed by atoms with Crippen LogP contribution < -0.4 is 10.6 Å². The second-order valence-corrected chi connectivity index (χ2v) is 6.00. The maximum absolute atomic E-state index is 5.34. The third kappa shape index (κ3) is 11.0. The molecular formula is C18H36IN3O. The molecule has 0 aliphatic carbocycles. The summed E-state index contributed by atoms with van der Waals surface area (Å²) >= 11 is 0. The third-order valence-corrected chi connectivity index (χ3v) is 4.19. The lowest BCUT2D eigenvalue weighted by Gasteiger charge is -2.17.